The largest absolute Gasteiger partial charge is 0.444 e. The van der Waals surface area contributed by atoms with E-state index in [-0.39, 0.29) is 6.09 Å². The maximum atomic E-state index is 11.8. The molecule has 1 amide bonds. The molecule has 0 aromatic heterocycles. The van der Waals surface area contributed by atoms with E-state index in [4.69, 9.17) is 4.74 Å². The number of rotatable bonds is 5. The summed E-state index contributed by atoms with van der Waals surface area (Å²) in [7, 11) is 0. The molecule has 0 radical (unpaired) electrons. The van der Waals surface area contributed by atoms with Gasteiger partial charge in [0.15, 0.2) is 0 Å². The van der Waals surface area contributed by atoms with Crippen molar-refractivity contribution in [1.29, 1.82) is 0 Å². The number of carbonyl (C=O) groups excluding carboxylic acids is 1. The van der Waals surface area contributed by atoms with Gasteiger partial charge in [0.2, 0.25) is 0 Å². The molecule has 1 aromatic carbocycles. The lowest BCUT2D eigenvalue weighted by molar-refractivity contribution is 0.0528. The zero-order valence-electron chi connectivity index (χ0n) is 15.7. The van der Waals surface area contributed by atoms with Crippen LogP contribution in [0.2, 0.25) is 0 Å². The van der Waals surface area contributed by atoms with Gasteiger partial charge in [0.1, 0.15) is 5.60 Å². The zero-order valence-corrected chi connectivity index (χ0v) is 15.7. The fraction of sp³-hybridized carbons (Fsp3) is 0.650. The second-order valence-corrected chi connectivity index (χ2v) is 8.07. The summed E-state index contributed by atoms with van der Waals surface area (Å²) >= 11 is 0. The molecule has 3 rings (SSSR count). The second-order valence-electron chi connectivity index (χ2n) is 8.07. The number of hydrogen-bond donors (Lipinski definition) is 2. The zero-order chi connectivity index (χ0) is 17.9. The van der Waals surface area contributed by atoms with Crippen LogP contribution in [0.4, 0.5) is 10.5 Å². The van der Waals surface area contributed by atoms with Crippen LogP contribution in [0.25, 0.3) is 0 Å². The minimum atomic E-state index is -0.450. The summed E-state index contributed by atoms with van der Waals surface area (Å²) in [4.78, 5) is 14.3. The summed E-state index contributed by atoms with van der Waals surface area (Å²) in [6, 6.07) is 6.87. The topological polar surface area (TPSA) is 53.6 Å². The molecule has 1 aliphatic carbocycles. The van der Waals surface area contributed by atoms with Gasteiger partial charge in [0, 0.05) is 38.4 Å². The fourth-order valence-corrected chi connectivity index (χ4v) is 3.32. The molecule has 0 bridgehead atoms. The van der Waals surface area contributed by atoms with E-state index in [1.54, 1.807) is 0 Å². The smallest absolute Gasteiger partial charge is 0.407 e. The Morgan fingerprint density at radius 2 is 2.00 bits per heavy atom. The van der Waals surface area contributed by atoms with E-state index in [1.807, 2.05) is 20.8 Å². The number of anilines is 1. The molecule has 1 saturated heterocycles. The number of alkyl carbamates (subject to hydrolysis) is 1. The number of benzene rings is 1. The van der Waals surface area contributed by atoms with Crippen LogP contribution in [0.15, 0.2) is 18.2 Å². The average molecular weight is 345 g/mol. The van der Waals surface area contributed by atoms with E-state index in [0.29, 0.717) is 12.5 Å². The van der Waals surface area contributed by atoms with Crippen molar-refractivity contribution in [2.24, 2.45) is 0 Å². The fourth-order valence-electron chi connectivity index (χ4n) is 3.32. The third-order valence-electron chi connectivity index (χ3n) is 4.69. The quantitative estimate of drug-likeness (QED) is 0.861. The van der Waals surface area contributed by atoms with Gasteiger partial charge in [-0.2, -0.15) is 0 Å². The first-order chi connectivity index (χ1) is 11.9. The van der Waals surface area contributed by atoms with Gasteiger partial charge in [-0.3, -0.25) is 0 Å². The highest BCUT2D eigenvalue weighted by atomic mass is 16.6. The van der Waals surface area contributed by atoms with E-state index >= 15 is 0 Å². The molecule has 1 aromatic rings. The maximum absolute atomic E-state index is 11.8. The van der Waals surface area contributed by atoms with Crippen molar-refractivity contribution in [2.45, 2.75) is 51.6 Å². The van der Waals surface area contributed by atoms with Crippen LogP contribution in [0.5, 0.6) is 0 Å². The van der Waals surface area contributed by atoms with E-state index in [2.05, 4.69) is 33.7 Å². The highest BCUT2D eigenvalue weighted by molar-refractivity contribution is 5.67. The monoisotopic (exact) mass is 345 g/mol. The molecule has 1 aliphatic heterocycles. The lowest BCUT2D eigenvalue weighted by Gasteiger charge is -2.30. The van der Waals surface area contributed by atoms with Gasteiger partial charge in [-0.25, -0.2) is 4.79 Å². The Labute approximate surface area is 151 Å². The van der Waals surface area contributed by atoms with Crippen LogP contribution in [-0.2, 0) is 11.2 Å². The minimum absolute atomic E-state index is 0.335. The van der Waals surface area contributed by atoms with Crippen molar-refractivity contribution in [3.63, 3.8) is 0 Å². The van der Waals surface area contributed by atoms with Gasteiger partial charge in [-0.05, 0) is 69.2 Å². The van der Waals surface area contributed by atoms with E-state index in [1.165, 1.54) is 29.7 Å². The predicted molar refractivity (Wildman–Crippen MR) is 101 cm³/mol. The number of carbonyl (C=O) groups is 1. The maximum Gasteiger partial charge on any atom is 0.407 e. The third-order valence-corrected chi connectivity index (χ3v) is 4.69. The highest BCUT2D eigenvalue weighted by Crippen LogP contribution is 2.43. The molecule has 1 saturated carbocycles. The van der Waals surface area contributed by atoms with Gasteiger partial charge < -0.3 is 20.3 Å². The number of hydrogen-bond acceptors (Lipinski definition) is 4. The van der Waals surface area contributed by atoms with E-state index < -0.39 is 5.60 Å². The van der Waals surface area contributed by atoms with Gasteiger partial charge in [-0.15, -0.1) is 0 Å². The standard InChI is InChI=1S/C20H31N3O2/c1-20(2,3)25-19(24)22-9-8-16-6-7-17(14-18(16)15-4-5-15)23-12-10-21-11-13-23/h6-7,14-15,21H,4-5,8-13H2,1-3H3,(H,22,24). The van der Waals surface area contributed by atoms with Crippen molar-refractivity contribution < 1.29 is 9.53 Å². The number of amides is 1. The third kappa shape index (κ3) is 5.36. The first-order valence-corrected chi connectivity index (χ1v) is 9.48. The summed E-state index contributed by atoms with van der Waals surface area (Å²) in [5.41, 5.74) is 3.72. The minimum Gasteiger partial charge on any atom is -0.444 e. The summed E-state index contributed by atoms with van der Waals surface area (Å²) in [6.07, 6.45) is 3.10. The molecule has 0 spiro atoms. The molecule has 0 atom stereocenters. The number of nitrogens with one attached hydrogen (secondary N) is 2. The van der Waals surface area contributed by atoms with Crippen LogP contribution in [0, 0.1) is 0 Å². The number of nitrogens with zero attached hydrogens (tertiary/aromatic N) is 1. The van der Waals surface area contributed by atoms with Crippen LogP contribution >= 0.6 is 0 Å². The molecule has 2 fully saturated rings. The Morgan fingerprint density at radius 1 is 1.28 bits per heavy atom. The number of ether oxygens (including phenoxy) is 1. The second kappa shape index (κ2) is 7.65. The molecular weight excluding hydrogens is 314 g/mol. The molecule has 5 nitrogen and oxygen atoms in total. The SMILES string of the molecule is CC(C)(C)OC(=O)NCCc1ccc(N2CCNCC2)cc1C1CC1. The van der Waals surface area contributed by atoms with Crippen molar-refractivity contribution in [3.8, 4) is 0 Å². The van der Waals surface area contributed by atoms with Gasteiger partial charge in [0.25, 0.3) is 0 Å². The van der Waals surface area contributed by atoms with Crippen molar-refractivity contribution in [3.05, 3.63) is 29.3 Å². The Bertz CT molecular complexity index is 599. The molecule has 1 heterocycles. The van der Waals surface area contributed by atoms with Crippen molar-refractivity contribution in [2.75, 3.05) is 37.6 Å². The summed E-state index contributed by atoms with van der Waals surface area (Å²) < 4.78 is 5.30. The Balaban J connectivity index is 1.60. The summed E-state index contributed by atoms with van der Waals surface area (Å²) in [6.45, 7) is 10.5. The van der Waals surface area contributed by atoms with Gasteiger partial charge in [-0.1, -0.05) is 6.07 Å². The average Bonchev–Trinajstić information content (AvgIpc) is 3.39. The first kappa shape index (κ1) is 18.1. The molecule has 25 heavy (non-hydrogen) atoms. The van der Waals surface area contributed by atoms with Gasteiger partial charge in [0.05, 0.1) is 0 Å². The Kier molecular flexibility index (Phi) is 5.52. The predicted octanol–water partition coefficient (Wildman–Crippen LogP) is 3.04. The normalized spacial score (nSPS) is 18.1. The molecule has 0 unspecified atom stereocenters. The first-order valence-electron chi connectivity index (χ1n) is 9.48. The Morgan fingerprint density at radius 3 is 2.64 bits per heavy atom. The van der Waals surface area contributed by atoms with Crippen LogP contribution in [-0.4, -0.2) is 44.4 Å². The molecule has 138 valence electrons. The van der Waals surface area contributed by atoms with Crippen LogP contribution in [0.3, 0.4) is 0 Å². The lowest BCUT2D eigenvalue weighted by atomic mass is 9.99. The van der Waals surface area contributed by atoms with Crippen LogP contribution in [0.1, 0.15) is 50.7 Å². The molecule has 2 N–H and O–H groups in total. The molecular formula is C20H31N3O2. The summed E-state index contributed by atoms with van der Waals surface area (Å²) in [5, 5.41) is 6.28. The lowest BCUT2D eigenvalue weighted by Crippen LogP contribution is -2.43. The molecule has 2 aliphatic rings. The molecule has 5 heteroatoms. The van der Waals surface area contributed by atoms with E-state index in [0.717, 1.165) is 32.6 Å². The van der Waals surface area contributed by atoms with Gasteiger partial charge >= 0.3 is 6.09 Å². The van der Waals surface area contributed by atoms with E-state index in [9.17, 15) is 4.79 Å². The van der Waals surface area contributed by atoms with Crippen molar-refractivity contribution >= 4 is 11.8 Å². The Hall–Kier alpha value is -1.75. The van der Waals surface area contributed by atoms with Crippen LogP contribution < -0.4 is 15.5 Å². The van der Waals surface area contributed by atoms with Crippen molar-refractivity contribution in [1.82, 2.24) is 10.6 Å². The highest BCUT2D eigenvalue weighted by Gasteiger charge is 2.27. The number of piperazine rings is 1. The summed E-state index contributed by atoms with van der Waals surface area (Å²) in [5.74, 6) is 0.708.